The normalized spacial score (nSPS) is 11.8. The zero-order chi connectivity index (χ0) is 51.3. The van der Waals surface area contributed by atoms with E-state index in [9.17, 15) is 26.3 Å². The number of nitrogens with one attached hydrogen (secondary N) is 2. The van der Waals surface area contributed by atoms with Gasteiger partial charge >= 0.3 is 31.3 Å². The van der Waals surface area contributed by atoms with Gasteiger partial charge in [-0.25, -0.2) is 0 Å². The van der Waals surface area contributed by atoms with Crippen molar-refractivity contribution in [2.45, 2.75) is 90.1 Å². The summed E-state index contributed by atoms with van der Waals surface area (Å²) < 4.78 is 115. The largest absolute Gasteiger partial charge is 0.522 e. The van der Waals surface area contributed by atoms with Crippen LogP contribution in [0, 0.1) is 0 Å². The van der Waals surface area contributed by atoms with Crippen LogP contribution >= 0.6 is 0 Å². The topological polar surface area (TPSA) is 140 Å². The van der Waals surface area contributed by atoms with Gasteiger partial charge in [0.15, 0.2) is 0 Å². The second-order valence-electron chi connectivity index (χ2n) is 16.5. The number of fused-ring (bicyclic) bond motifs is 2. The van der Waals surface area contributed by atoms with Crippen LogP contribution < -0.4 is 0 Å². The standard InChI is InChI=1S/2C26H27N.2CHF3O3S/c2*1-3-7-19-11-15-21(16-12-19)25-23-9-5-6-10-24(23)27-26(25)22-17-13-20(8-4-2)14-18-22;2*2-1(3,4)8(5,6)7/h2*5-6,9-18,27H,3-4,7-8H2,1-2H3;2*(H,5,6,7). The molecule has 6 aromatic carbocycles. The summed E-state index contributed by atoms with van der Waals surface area (Å²) in [6.07, 6.45) is 9.28. The Labute approximate surface area is 405 Å². The highest BCUT2D eigenvalue weighted by molar-refractivity contribution is 7.86. The molecule has 0 aliphatic heterocycles. The first-order chi connectivity index (χ1) is 33.1. The molecule has 0 bridgehead atoms. The highest BCUT2D eigenvalue weighted by atomic mass is 32.2. The molecule has 0 aliphatic carbocycles. The molecule has 2 aromatic heterocycles. The van der Waals surface area contributed by atoms with Crippen molar-refractivity contribution in [2.24, 2.45) is 0 Å². The van der Waals surface area contributed by atoms with Gasteiger partial charge in [-0.3, -0.25) is 9.11 Å². The number of rotatable bonds is 12. The average Bonchev–Trinajstić information content (AvgIpc) is 3.90. The SMILES string of the molecule is CCCc1ccc(-c2[nH]c3ccccc3c2-c2ccc(CCC)cc2)cc1.CCCc1ccc(-c2[nH]c3ccccc3c2-c2ccc(CCC)cc2)cc1.O=S(=O)(O)C(F)(F)F.O=S(=O)(O)C(F)(F)F. The number of para-hydroxylation sites is 2. The number of hydrogen-bond acceptors (Lipinski definition) is 4. The predicted octanol–water partition coefficient (Wildman–Crippen LogP) is 15.6. The van der Waals surface area contributed by atoms with Gasteiger partial charge in [0.1, 0.15) is 0 Å². The first kappa shape index (κ1) is 54.7. The number of aromatic amines is 2. The van der Waals surface area contributed by atoms with Crippen LogP contribution in [0.1, 0.15) is 75.6 Å². The number of benzene rings is 6. The lowest BCUT2D eigenvalue weighted by atomic mass is 9.96. The second-order valence-corrected chi connectivity index (χ2v) is 19.3. The van der Waals surface area contributed by atoms with E-state index in [1.807, 2.05) is 0 Å². The molecule has 0 atom stereocenters. The van der Waals surface area contributed by atoms with E-state index >= 15 is 0 Å². The molecule has 8 rings (SSSR count). The Morgan fingerprint density at radius 1 is 0.386 bits per heavy atom. The minimum absolute atomic E-state index is 1.14. The summed E-state index contributed by atoms with van der Waals surface area (Å²) >= 11 is 0. The molecule has 0 fully saturated rings. The van der Waals surface area contributed by atoms with E-state index in [2.05, 4.69) is 183 Å². The molecule has 0 saturated heterocycles. The van der Waals surface area contributed by atoms with Gasteiger partial charge in [0.2, 0.25) is 0 Å². The maximum atomic E-state index is 10.7. The van der Waals surface area contributed by atoms with Crippen LogP contribution in [0.5, 0.6) is 0 Å². The summed E-state index contributed by atoms with van der Waals surface area (Å²) in [7, 11) is -11.7. The maximum absolute atomic E-state index is 10.7. The molecular formula is C54H56F6N2O6S2. The predicted molar refractivity (Wildman–Crippen MR) is 270 cm³/mol. The highest BCUT2D eigenvalue weighted by Crippen LogP contribution is 2.40. The number of alkyl halides is 6. The van der Waals surface area contributed by atoms with E-state index in [0.29, 0.717) is 0 Å². The van der Waals surface area contributed by atoms with Crippen molar-refractivity contribution in [1.82, 2.24) is 9.97 Å². The number of aryl methyl sites for hydroxylation is 4. The van der Waals surface area contributed by atoms with Crippen molar-refractivity contribution in [1.29, 1.82) is 0 Å². The van der Waals surface area contributed by atoms with Crippen LogP contribution in [-0.2, 0) is 45.9 Å². The molecule has 0 spiro atoms. The zero-order valence-electron chi connectivity index (χ0n) is 39.1. The Bertz CT molecular complexity index is 2930. The molecule has 0 amide bonds. The van der Waals surface area contributed by atoms with Crippen LogP contribution in [0.25, 0.3) is 66.6 Å². The molecule has 0 aliphatic rings. The summed E-state index contributed by atoms with van der Waals surface area (Å²) in [6, 6.07) is 53.5. The van der Waals surface area contributed by atoms with Crippen LogP contribution in [0.15, 0.2) is 146 Å². The molecule has 0 unspecified atom stereocenters. The fourth-order valence-electron chi connectivity index (χ4n) is 7.82. The Morgan fingerprint density at radius 3 is 0.843 bits per heavy atom. The quantitative estimate of drug-likeness (QED) is 0.0546. The first-order valence-corrected chi connectivity index (χ1v) is 25.6. The van der Waals surface area contributed by atoms with Crippen molar-refractivity contribution in [2.75, 3.05) is 0 Å². The lowest BCUT2D eigenvalue weighted by Crippen LogP contribution is -2.21. The van der Waals surface area contributed by atoms with Crippen molar-refractivity contribution in [3.8, 4) is 44.8 Å². The summed E-state index contributed by atoms with van der Waals surface area (Å²) in [4.78, 5) is 7.34. The maximum Gasteiger partial charge on any atom is 0.522 e. The minimum atomic E-state index is -5.84. The lowest BCUT2D eigenvalue weighted by molar-refractivity contribution is -0.0514. The average molecular weight is 1010 g/mol. The van der Waals surface area contributed by atoms with Gasteiger partial charge in [0, 0.05) is 32.9 Å². The zero-order valence-corrected chi connectivity index (χ0v) is 40.8. The van der Waals surface area contributed by atoms with Gasteiger partial charge in [0.25, 0.3) is 0 Å². The lowest BCUT2D eigenvalue weighted by Gasteiger charge is -2.08. The molecule has 70 heavy (non-hydrogen) atoms. The minimum Gasteiger partial charge on any atom is -0.354 e. The van der Waals surface area contributed by atoms with E-state index in [0.717, 1.165) is 25.7 Å². The molecular weight excluding hydrogens is 951 g/mol. The van der Waals surface area contributed by atoms with E-state index in [4.69, 9.17) is 25.9 Å². The van der Waals surface area contributed by atoms with Crippen molar-refractivity contribution >= 4 is 42.0 Å². The van der Waals surface area contributed by atoms with Crippen LogP contribution in [0.3, 0.4) is 0 Å². The Hall–Kier alpha value is -6.20. The third kappa shape index (κ3) is 14.4. The van der Waals surface area contributed by atoms with Crippen molar-refractivity contribution in [3.05, 3.63) is 168 Å². The number of H-pyrrole nitrogens is 2. The second kappa shape index (κ2) is 24.1. The van der Waals surface area contributed by atoms with Crippen LogP contribution in [0.4, 0.5) is 26.3 Å². The Balaban J connectivity index is 0.000000200. The van der Waals surface area contributed by atoms with Gasteiger partial charge in [-0.2, -0.15) is 43.2 Å². The van der Waals surface area contributed by atoms with Gasteiger partial charge in [-0.15, -0.1) is 0 Å². The van der Waals surface area contributed by atoms with E-state index in [1.165, 1.54) is 115 Å². The number of hydrogen-bond donors (Lipinski definition) is 4. The molecule has 8 nitrogen and oxygen atoms in total. The Morgan fingerprint density at radius 2 is 0.614 bits per heavy atom. The third-order valence-electron chi connectivity index (χ3n) is 11.1. The van der Waals surface area contributed by atoms with E-state index in [1.54, 1.807) is 0 Å². The van der Waals surface area contributed by atoms with E-state index < -0.39 is 31.3 Å². The van der Waals surface area contributed by atoms with Gasteiger partial charge in [-0.1, -0.05) is 187 Å². The molecule has 4 N–H and O–H groups in total. The molecule has 372 valence electrons. The number of halogens is 6. The van der Waals surface area contributed by atoms with Crippen molar-refractivity contribution < 1.29 is 52.3 Å². The molecule has 0 radical (unpaired) electrons. The molecule has 2 heterocycles. The summed E-state index contributed by atoms with van der Waals surface area (Å²) in [5.41, 5.74) is 7.02. The Kier molecular flexibility index (Phi) is 18.8. The van der Waals surface area contributed by atoms with Crippen molar-refractivity contribution in [3.63, 3.8) is 0 Å². The van der Waals surface area contributed by atoms with E-state index in [-0.39, 0.29) is 0 Å². The highest BCUT2D eigenvalue weighted by Gasteiger charge is 2.45. The summed E-state index contributed by atoms with van der Waals surface area (Å²) in [5, 5.41) is 2.57. The first-order valence-electron chi connectivity index (χ1n) is 22.8. The number of aromatic nitrogens is 2. The van der Waals surface area contributed by atoms with Gasteiger partial charge in [0.05, 0.1) is 11.4 Å². The monoisotopic (exact) mass is 1010 g/mol. The summed E-state index contributed by atoms with van der Waals surface area (Å²) in [5.74, 6) is 0. The fourth-order valence-corrected chi connectivity index (χ4v) is 7.82. The summed E-state index contributed by atoms with van der Waals surface area (Å²) in [6.45, 7) is 8.92. The fraction of sp³-hybridized carbons (Fsp3) is 0.259. The van der Waals surface area contributed by atoms with Gasteiger partial charge < -0.3 is 9.97 Å². The smallest absolute Gasteiger partial charge is 0.354 e. The van der Waals surface area contributed by atoms with Crippen LogP contribution in [-0.4, -0.2) is 46.9 Å². The van der Waals surface area contributed by atoms with Gasteiger partial charge in [-0.05, 0) is 82.3 Å². The molecule has 16 heteroatoms. The molecule has 0 saturated carbocycles. The third-order valence-corrected chi connectivity index (χ3v) is 12.3. The van der Waals surface area contributed by atoms with Crippen LogP contribution in [0.2, 0.25) is 0 Å². The molecule has 8 aromatic rings.